The van der Waals surface area contributed by atoms with Gasteiger partial charge in [0.05, 0.1) is 11.3 Å². The van der Waals surface area contributed by atoms with E-state index in [9.17, 15) is 4.79 Å². The molecule has 1 aromatic rings. The number of morpholine rings is 1. The summed E-state index contributed by atoms with van der Waals surface area (Å²) in [7, 11) is 0. The summed E-state index contributed by atoms with van der Waals surface area (Å²) in [6, 6.07) is 6.02. The maximum atomic E-state index is 11.1. The first-order chi connectivity index (χ1) is 9.26. The molecular formula is C14H19N3O2. The molecule has 2 aliphatic rings. The molecule has 0 radical (unpaired) electrons. The normalized spacial score (nSPS) is 23.3. The summed E-state index contributed by atoms with van der Waals surface area (Å²) in [5.74, 6) is 0.00143. The fourth-order valence-corrected chi connectivity index (χ4v) is 2.74. The highest BCUT2D eigenvalue weighted by Crippen LogP contribution is 2.28. The fourth-order valence-electron chi connectivity index (χ4n) is 2.74. The quantitative estimate of drug-likeness (QED) is 0.845. The zero-order valence-corrected chi connectivity index (χ0v) is 11.0. The van der Waals surface area contributed by atoms with Gasteiger partial charge in [-0.2, -0.15) is 0 Å². The van der Waals surface area contributed by atoms with Gasteiger partial charge in [-0.1, -0.05) is 6.07 Å². The zero-order valence-electron chi connectivity index (χ0n) is 11.0. The van der Waals surface area contributed by atoms with Crippen LogP contribution in [0.15, 0.2) is 24.4 Å². The highest BCUT2D eigenvalue weighted by Gasteiger charge is 2.38. The number of ether oxygens (including phenoxy) is 1. The Balaban J connectivity index is 1.53. The molecule has 3 heterocycles. The van der Waals surface area contributed by atoms with Gasteiger partial charge in [-0.15, -0.1) is 0 Å². The van der Waals surface area contributed by atoms with E-state index >= 15 is 0 Å². The minimum atomic E-state index is -0.130. The lowest BCUT2D eigenvalue weighted by Gasteiger charge is -2.43. The minimum absolute atomic E-state index is 0.00143. The molecule has 1 amide bonds. The topological polar surface area (TPSA) is 54.5 Å². The van der Waals surface area contributed by atoms with Gasteiger partial charge < -0.3 is 10.1 Å². The largest absolute Gasteiger partial charge is 0.363 e. The fraction of sp³-hybridized carbons (Fsp3) is 0.571. The number of carbonyl (C=O) groups is 1. The molecule has 5 nitrogen and oxygen atoms in total. The molecule has 1 aromatic heterocycles. The molecule has 0 saturated carbocycles. The average Bonchev–Trinajstić information content (AvgIpc) is 2.46. The van der Waals surface area contributed by atoms with Gasteiger partial charge in [-0.25, -0.2) is 0 Å². The molecule has 0 atom stereocenters. The second-order valence-electron chi connectivity index (χ2n) is 5.35. The zero-order chi connectivity index (χ0) is 13.1. The van der Waals surface area contributed by atoms with E-state index in [1.54, 1.807) is 0 Å². The number of amides is 1. The van der Waals surface area contributed by atoms with Crippen molar-refractivity contribution in [2.75, 3.05) is 26.2 Å². The summed E-state index contributed by atoms with van der Waals surface area (Å²) >= 11 is 0. The van der Waals surface area contributed by atoms with Crippen LogP contribution in [0.1, 0.15) is 18.5 Å². The third-order valence-electron chi connectivity index (χ3n) is 4.00. The van der Waals surface area contributed by atoms with Crippen LogP contribution >= 0.6 is 0 Å². The maximum absolute atomic E-state index is 11.1. The molecular weight excluding hydrogens is 242 g/mol. The minimum Gasteiger partial charge on any atom is -0.363 e. The van der Waals surface area contributed by atoms with Crippen molar-refractivity contribution >= 4 is 5.91 Å². The van der Waals surface area contributed by atoms with Crippen molar-refractivity contribution in [2.24, 2.45) is 0 Å². The SMILES string of the molecule is O=C1COC2(CCN(Cc3ccccn3)CC2)CN1. The second-order valence-corrected chi connectivity index (χ2v) is 5.35. The molecule has 0 aliphatic carbocycles. The molecule has 2 aliphatic heterocycles. The Hall–Kier alpha value is -1.46. The van der Waals surface area contributed by atoms with Gasteiger partial charge in [-0.05, 0) is 25.0 Å². The summed E-state index contributed by atoms with van der Waals surface area (Å²) < 4.78 is 5.76. The van der Waals surface area contributed by atoms with Crippen LogP contribution in [0.2, 0.25) is 0 Å². The Morgan fingerprint density at radius 3 is 2.84 bits per heavy atom. The Morgan fingerprint density at radius 2 is 2.21 bits per heavy atom. The summed E-state index contributed by atoms with van der Waals surface area (Å²) in [5, 5.41) is 2.91. The van der Waals surface area contributed by atoms with Crippen LogP contribution in [0.3, 0.4) is 0 Å². The van der Waals surface area contributed by atoms with E-state index < -0.39 is 0 Å². The van der Waals surface area contributed by atoms with Crippen molar-refractivity contribution in [1.29, 1.82) is 0 Å². The molecule has 3 rings (SSSR count). The van der Waals surface area contributed by atoms with Crippen LogP contribution in [0.5, 0.6) is 0 Å². The van der Waals surface area contributed by atoms with Crippen molar-refractivity contribution in [2.45, 2.75) is 25.0 Å². The molecule has 5 heteroatoms. The smallest absolute Gasteiger partial charge is 0.246 e. The molecule has 19 heavy (non-hydrogen) atoms. The van der Waals surface area contributed by atoms with Crippen molar-refractivity contribution in [3.8, 4) is 0 Å². The highest BCUT2D eigenvalue weighted by molar-refractivity contribution is 5.78. The lowest BCUT2D eigenvalue weighted by atomic mass is 9.90. The van der Waals surface area contributed by atoms with Gasteiger partial charge in [0.1, 0.15) is 6.61 Å². The number of pyridine rings is 1. The van der Waals surface area contributed by atoms with Crippen LogP contribution in [-0.2, 0) is 16.1 Å². The third-order valence-corrected chi connectivity index (χ3v) is 4.00. The number of piperidine rings is 1. The van der Waals surface area contributed by atoms with Crippen LogP contribution < -0.4 is 5.32 Å². The first-order valence-corrected chi connectivity index (χ1v) is 6.79. The summed E-state index contributed by atoms with van der Waals surface area (Å²) in [6.07, 6.45) is 3.78. The van der Waals surface area contributed by atoms with E-state index in [-0.39, 0.29) is 18.1 Å². The third kappa shape index (κ3) is 2.93. The van der Waals surface area contributed by atoms with Gasteiger partial charge in [0.2, 0.25) is 5.91 Å². The van der Waals surface area contributed by atoms with Crippen LogP contribution in [0, 0.1) is 0 Å². The lowest BCUT2D eigenvalue weighted by molar-refractivity contribution is -0.150. The monoisotopic (exact) mass is 261 g/mol. The summed E-state index contributed by atoms with van der Waals surface area (Å²) in [6.45, 7) is 3.74. The molecule has 1 N–H and O–H groups in total. The highest BCUT2D eigenvalue weighted by atomic mass is 16.5. The number of likely N-dealkylation sites (tertiary alicyclic amines) is 1. The van der Waals surface area contributed by atoms with Gasteiger partial charge in [0.25, 0.3) is 0 Å². The first kappa shape index (κ1) is 12.6. The van der Waals surface area contributed by atoms with E-state index in [1.807, 2.05) is 18.3 Å². The van der Waals surface area contributed by atoms with E-state index in [1.165, 1.54) is 0 Å². The number of hydrogen-bond acceptors (Lipinski definition) is 4. The van der Waals surface area contributed by atoms with E-state index in [2.05, 4.69) is 21.3 Å². The molecule has 2 saturated heterocycles. The molecule has 0 bridgehead atoms. The second kappa shape index (κ2) is 5.27. The molecule has 0 unspecified atom stereocenters. The number of nitrogens with one attached hydrogen (secondary N) is 1. The Kier molecular flexibility index (Phi) is 3.48. The van der Waals surface area contributed by atoms with Gasteiger partial charge in [-0.3, -0.25) is 14.7 Å². The van der Waals surface area contributed by atoms with E-state index in [4.69, 9.17) is 4.74 Å². The van der Waals surface area contributed by atoms with Crippen molar-refractivity contribution in [1.82, 2.24) is 15.2 Å². The number of hydrogen-bond donors (Lipinski definition) is 1. The number of aromatic nitrogens is 1. The molecule has 0 aromatic carbocycles. The predicted octanol–water partition coefficient (Wildman–Crippen LogP) is 0.563. The van der Waals surface area contributed by atoms with Gasteiger partial charge in [0.15, 0.2) is 0 Å². The van der Waals surface area contributed by atoms with Crippen LogP contribution in [-0.4, -0.2) is 47.6 Å². The first-order valence-electron chi connectivity index (χ1n) is 6.79. The van der Waals surface area contributed by atoms with Gasteiger partial charge >= 0.3 is 0 Å². The summed E-state index contributed by atoms with van der Waals surface area (Å²) in [5.41, 5.74) is 0.977. The van der Waals surface area contributed by atoms with Crippen molar-refractivity contribution < 1.29 is 9.53 Å². The number of rotatable bonds is 2. The van der Waals surface area contributed by atoms with Crippen molar-refractivity contribution in [3.05, 3.63) is 30.1 Å². The lowest BCUT2D eigenvalue weighted by Crippen LogP contribution is -2.57. The van der Waals surface area contributed by atoms with E-state index in [0.717, 1.165) is 38.2 Å². The standard InChI is InChI=1S/C14H19N3O2/c18-13-10-19-14(11-16-13)4-7-17(8-5-14)9-12-3-1-2-6-15-12/h1-3,6H,4-5,7-11H2,(H,16,18). The molecule has 2 fully saturated rings. The predicted molar refractivity (Wildman–Crippen MR) is 70.4 cm³/mol. The van der Waals surface area contributed by atoms with Gasteiger partial charge in [0, 0.05) is 32.4 Å². The molecule has 1 spiro atoms. The summed E-state index contributed by atoms with van der Waals surface area (Å²) in [4.78, 5) is 17.9. The number of carbonyl (C=O) groups excluding carboxylic acids is 1. The maximum Gasteiger partial charge on any atom is 0.246 e. The Labute approximate surface area is 113 Å². The number of nitrogens with zero attached hydrogens (tertiary/aromatic N) is 2. The van der Waals surface area contributed by atoms with Crippen LogP contribution in [0.25, 0.3) is 0 Å². The average molecular weight is 261 g/mol. The van der Waals surface area contributed by atoms with Crippen molar-refractivity contribution in [3.63, 3.8) is 0 Å². The Bertz CT molecular complexity index is 429. The van der Waals surface area contributed by atoms with E-state index in [0.29, 0.717) is 6.54 Å². The van der Waals surface area contributed by atoms with Crippen LogP contribution in [0.4, 0.5) is 0 Å². The molecule has 102 valence electrons. The Morgan fingerprint density at radius 1 is 1.37 bits per heavy atom.